The Kier molecular flexibility index (Phi) is 3.21. The molecule has 0 aliphatic carbocycles. The van der Waals surface area contributed by atoms with Gasteiger partial charge in [0.25, 0.3) is 0 Å². The third kappa shape index (κ3) is 1.83. The molecular formula is C15H15NO5. The molecule has 3 aromatic rings. The van der Waals surface area contributed by atoms with Crippen molar-refractivity contribution in [2.75, 3.05) is 28.4 Å². The Balaban J connectivity index is 2.52. The van der Waals surface area contributed by atoms with E-state index in [1.165, 1.54) is 0 Å². The van der Waals surface area contributed by atoms with Gasteiger partial charge in [-0.3, -0.25) is 0 Å². The van der Waals surface area contributed by atoms with E-state index >= 15 is 0 Å². The van der Waals surface area contributed by atoms with E-state index in [1.54, 1.807) is 34.7 Å². The molecule has 2 aromatic heterocycles. The van der Waals surface area contributed by atoms with Crippen molar-refractivity contribution in [1.29, 1.82) is 0 Å². The van der Waals surface area contributed by atoms with Crippen molar-refractivity contribution in [1.82, 2.24) is 4.98 Å². The lowest BCUT2D eigenvalue weighted by atomic mass is 10.1. The van der Waals surface area contributed by atoms with Crippen LogP contribution in [-0.4, -0.2) is 33.4 Å². The molecule has 110 valence electrons. The number of pyridine rings is 1. The number of ether oxygens (including phenoxy) is 4. The number of nitrogens with zero attached hydrogens (tertiary/aromatic N) is 1. The molecule has 1 aromatic carbocycles. The Morgan fingerprint density at radius 2 is 1.57 bits per heavy atom. The molecule has 3 rings (SSSR count). The van der Waals surface area contributed by atoms with Gasteiger partial charge in [-0.05, 0) is 12.1 Å². The van der Waals surface area contributed by atoms with Crippen LogP contribution in [0.3, 0.4) is 0 Å². The number of benzene rings is 1. The Morgan fingerprint density at radius 3 is 2.19 bits per heavy atom. The second-order valence-electron chi connectivity index (χ2n) is 4.33. The zero-order valence-electron chi connectivity index (χ0n) is 12.2. The highest BCUT2D eigenvalue weighted by Gasteiger charge is 2.22. The van der Waals surface area contributed by atoms with Gasteiger partial charge in [-0.25, -0.2) is 4.98 Å². The van der Waals surface area contributed by atoms with Crippen molar-refractivity contribution in [3.63, 3.8) is 0 Å². The van der Waals surface area contributed by atoms with Gasteiger partial charge in [-0.15, -0.1) is 0 Å². The monoisotopic (exact) mass is 289 g/mol. The van der Waals surface area contributed by atoms with E-state index in [4.69, 9.17) is 23.4 Å². The van der Waals surface area contributed by atoms with Gasteiger partial charge < -0.3 is 23.4 Å². The molecule has 0 saturated carbocycles. The Bertz CT molecular complexity index is 809. The average Bonchev–Trinajstić information content (AvgIpc) is 2.98. The number of hydrogen-bond donors (Lipinski definition) is 0. The average molecular weight is 289 g/mol. The molecule has 0 fully saturated rings. The van der Waals surface area contributed by atoms with E-state index in [9.17, 15) is 0 Å². The zero-order chi connectivity index (χ0) is 15.0. The Hall–Kier alpha value is -2.63. The lowest BCUT2D eigenvalue weighted by Crippen LogP contribution is -1.98. The van der Waals surface area contributed by atoms with Crippen LogP contribution in [0, 0.1) is 0 Å². The SMILES string of the molecule is COc1cc2c(OC)c3ccoc3nc2c(OC)c1OC. The first-order valence-corrected chi connectivity index (χ1v) is 6.29. The first-order valence-electron chi connectivity index (χ1n) is 6.29. The Morgan fingerprint density at radius 1 is 0.857 bits per heavy atom. The topological polar surface area (TPSA) is 63.0 Å². The summed E-state index contributed by atoms with van der Waals surface area (Å²) in [6.07, 6.45) is 1.57. The highest BCUT2D eigenvalue weighted by atomic mass is 16.5. The second kappa shape index (κ2) is 5.05. The van der Waals surface area contributed by atoms with Gasteiger partial charge in [0.1, 0.15) is 11.3 Å². The number of hydrogen-bond acceptors (Lipinski definition) is 6. The molecule has 0 saturated heterocycles. The molecule has 2 heterocycles. The van der Waals surface area contributed by atoms with Crippen molar-refractivity contribution in [2.24, 2.45) is 0 Å². The van der Waals surface area contributed by atoms with E-state index in [0.717, 1.165) is 10.8 Å². The number of rotatable bonds is 4. The smallest absolute Gasteiger partial charge is 0.230 e. The van der Waals surface area contributed by atoms with Gasteiger partial charge >= 0.3 is 0 Å². The highest BCUT2D eigenvalue weighted by Crippen LogP contribution is 2.46. The molecule has 0 unspecified atom stereocenters. The summed E-state index contributed by atoms with van der Waals surface area (Å²) in [4.78, 5) is 4.49. The normalized spacial score (nSPS) is 10.9. The lowest BCUT2D eigenvalue weighted by Gasteiger charge is -2.15. The molecule has 6 heteroatoms. The zero-order valence-corrected chi connectivity index (χ0v) is 12.2. The maximum Gasteiger partial charge on any atom is 0.230 e. The minimum atomic E-state index is 0.475. The highest BCUT2D eigenvalue weighted by molar-refractivity contribution is 6.03. The molecule has 0 atom stereocenters. The maximum atomic E-state index is 5.52. The summed E-state index contributed by atoms with van der Waals surface area (Å²) in [7, 11) is 6.27. The van der Waals surface area contributed by atoms with E-state index in [1.807, 2.05) is 12.1 Å². The summed E-state index contributed by atoms with van der Waals surface area (Å²) in [6, 6.07) is 3.62. The van der Waals surface area contributed by atoms with Gasteiger partial charge in [0.2, 0.25) is 11.5 Å². The first-order chi connectivity index (χ1) is 10.2. The van der Waals surface area contributed by atoms with Gasteiger partial charge in [0.15, 0.2) is 11.5 Å². The van der Waals surface area contributed by atoms with Crippen LogP contribution < -0.4 is 18.9 Å². The number of methoxy groups -OCH3 is 4. The molecule has 0 amide bonds. The molecule has 0 aliphatic heterocycles. The fourth-order valence-electron chi connectivity index (χ4n) is 2.45. The Labute approximate surface area is 121 Å². The molecular weight excluding hydrogens is 274 g/mol. The van der Waals surface area contributed by atoms with Crippen LogP contribution >= 0.6 is 0 Å². The second-order valence-corrected chi connectivity index (χ2v) is 4.33. The first kappa shape index (κ1) is 13.4. The fourth-order valence-corrected chi connectivity index (χ4v) is 2.45. The summed E-state index contributed by atoms with van der Waals surface area (Å²) in [5, 5.41) is 1.56. The van der Waals surface area contributed by atoms with Crippen molar-refractivity contribution < 1.29 is 23.4 Å². The third-order valence-corrected chi connectivity index (χ3v) is 3.36. The number of fused-ring (bicyclic) bond motifs is 2. The van der Waals surface area contributed by atoms with Crippen molar-refractivity contribution in [2.45, 2.75) is 0 Å². The third-order valence-electron chi connectivity index (χ3n) is 3.36. The van der Waals surface area contributed by atoms with Crippen molar-refractivity contribution in [3.05, 3.63) is 18.4 Å². The standard InChI is InChI=1S/C15H15NO5/c1-17-10-7-9-11(14(20-4)13(10)19-3)16-15-8(5-6-21-15)12(9)18-2/h5-7H,1-4H3. The summed E-state index contributed by atoms with van der Waals surface area (Å²) in [6.45, 7) is 0. The predicted molar refractivity (Wildman–Crippen MR) is 77.7 cm³/mol. The molecule has 0 bridgehead atoms. The van der Waals surface area contributed by atoms with Gasteiger partial charge in [0.05, 0.1) is 45.5 Å². The van der Waals surface area contributed by atoms with Crippen LogP contribution in [0.4, 0.5) is 0 Å². The van der Waals surface area contributed by atoms with Crippen LogP contribution in [0.25, 0.3) is 22.0 Å². The maximum absolute atomic E-state index is 5.52. The molecule has 0 radical (unpaired) electrons. The summed E-state index contributed by atoms with van der Waals surface area (Å²) >= 11 is 0. The van der Waals surface area contributed by atoms with Crippen molar-refractivity contribution >= 4 is 22.0 Å². The van der Waals surface area contributed by atoms with Gasteiger partial charge in [0, 0.05) is 0 Å². The van der Waals surface area contributed by atoms with E-state index in [2.05, 4.69) is 4.98 Å². The minimum Gasteiger partial charge on any atom is -0.495 e. The van der Waals surface area contributed by atoms with Crippen LogP contribution in [0.15, 0.2) is 22.8 Å². The molecule has 0 spiro atoms. The largest absolute Gasteiger partial charge is 0.495 e. The molecule has 0 aliphatic rings. The van der Waals surface area contributed by atoms with Crippen LogP contribution in [0.1, 0.15) is 0 Å². The van der Waals surface area contributed by atoms with Crippen molar-refractivity contribution in [3.8, 4) is 23.0 Å². The quantitative estimate of drug-likeness (QED) is 0.735. The minimum absolute atomic E-state index is 0.475. The lowest BCUT2D eigenvalue weighted by molar-refractivity contribution is 0.326. The number of aromatic nitrogens is 1. The molecule has 6 nitrogen and oxygen atoms in total. The van der Waals surface area contributed by atoms with Crippen LogP contribution in [0.5, 0.6) is 23.0 Å². The molecule has 21 heavy (non-hydrogen) atoms. The summed E-state index contributed by atoms with van der Waals surface area (Å²) in [5.41, 5.74) is 1.07. The summed E-state index contributed by atoms with van der Waals surface area (Å²) < 4.78 is 27.1. The van der Waals surface area contributed by atoms with E-state index in [0.29, 0.717) is 34.2 Å². The summed E-state index contributed by atoms with van der Waals surface area (Å²) in [5.74, 6) is 2.16. The molecule has 0 N–H and O–H groups in total. The number of furan rings is 1. The van der Waals surface area contributed by atoms with Gasteiger partial charge in [-0.1, -0.05) is 0 Å². The van der Waals surface area contributed by atoms with Crippen LogP contribution in [-0.2, 0) is 0 Å². The van der Waals surface area contributed by atoms with Crippen LogP contribution in [0.2, 0.25) is 0 Å². The van der Waals surface area contributed by atoms with Gasteiger partial charge in [-0.2, -0.15) is 0 Å². The van der Waals surface area contributed by atoms with E-state index < -0.39 is 0 Å². The fraction of sp³-hybridized carbons (Fsp3) is 0.267. The van der Waals surface area contributed by atoms with E-state index in [-0.39, 0.29) is 0 Å². The predicted octanol–water partition coefficient (Wildman–Crippen LogP) is 3.02.